The number of aromatic nitrogens is 2. The van der Waals surface area contributed by atoms with Crippen LogP contribution in [0.25, 0.3) is 11.3 Å². The van der Waals surface area contributed by atoms with E-state index >= 15 is 0 Å². The van der Waals surface area contributed by atoms with E-state index < -0.39 is 0 Å². The van der Waals surface area contributed by atoms with Crippen molar-refractivity contribution in [1.82, 2.24) is 9.97 Å². The van der Waals surface area contributed by atoms with E-state index in [1.807, 2.05) is 12.3 Å². The Morgan fingerprint density at radius 3 is 2.55 bits per heavy atom. The molecule has 2 aromatic rings. The zero-order valence-electron chi connectivity index (χ0n) is 12.8. The van der Waals surface area contributed by atoms with Gasteiger partial charge in [0.1, 0.15) is 5.82 Å². The maximum atomic E-state index is 5.67. The lowest BCUT2D eigenvalue weighted by Crippen LogP contribution is -2.14. The minimum absolute atomic E-state index is 0.408. The molecule has 3 heteroatoms. The molecule has 0 bridgehead atoms. The highest BCUT2D eigenvalue weighted by Gasteiger charge is 2.10. The van der Waals surface area contributed by atoms with Crippen LogP contribution in [0.1, 0.15) is 29.4 Å². The average Bonchev–Trinajstić information content (AvgIpc) is 2.45. The zero-order valence-corrected chi connectivity index (χ0v) is 12.8. The van der Waals surface area contributed by atoms with Crippen LogP contribution in [-0.4, -0.2) is 16.5 Å². The monoisotopic (exact) mass is 269 g/mol. The fraction of sp³-hybridized carbons (Fsp3) is 0.412. The summed E-state index contributed by atoms with van der Waals surface area (Å²) in [5.41, 5.74) is 11.8. The molecule has 1 aromatic carbocycles. The van der Waals surface area contributed by atoms with Gasteiger partial charge in [0, 0.05) is 18.2 Å². The summed E-state index contributed by atoms with van der Waals surface area (Å²) in [7, 11) is 0. The first-order chi connectivity index (χ1) is 9.52. The first kappa shape index (κ1) is 14.7. The molecule has 1 aromatic heterocycles. The Kier molecular flexibility index (Phi) is 4.50. The van der Waals surface area contributed by atoms with E-state index in [1.54, 1.807) is 0 Å². The highest BCUT2D eigenvalue weighted by atomic mass is 14.9. The van der Waals surface area contributed by atoms with Crippen LogP contribution in [0.3, 0.4) is 0 Å². The van der Waals surface area contributed by atoms with Gasteiger partial charge < -0.3 is 5.73 Å². The summed E-state index contributed by atoms with van der Waals surface area (Å²) in [6.07, 6.45) is 2.67. The van der Waals surface area contributed by atoms with Gasteiger partial charge in [0.25, 0.3) is 0 Å². The second-order valence-electron chi connectivity index (χ2n) is 5.58. The number of rotatable bonds is 4. The molecule has 106 valence electrons. The van der Waals surface area contributed by atoms with Crippen LogP contribution in [0.5, 0.6) is 0 Å². The van der Waals surface area contributed by atoms with Gasteiger partial charge in [0.15, 0.2) is 0 Å². The van der Waals surface area contributed by atoms with Gasteiger partial charge >= 0.3 is 0 Å². The van der Waals surface area contributed by atoms with Crippen molar-refractivity contribution in [2.45, 2.75) is 34.1 Å². The first-order valence-electron chi connectivity index (χ1n) is 7.12. The normalized spacial score (nSPS) is 12.4. The third kappa shape index (κ3) is 3.05. The Labute approximate surface area is 121 Å². The van der Waals surface area contributed by atoms with Crippen LogP contribution in [0.2, 0.25) is 0 Å². The molecule has 0 spiro atoms. The number of hydrogen-bond donors (Lipinski definition) is 1. The highest BCUT2D eigenvalue weighted by molar-refractivity contribution is 5.65. The van der Waals surface area contributed by atoms with Gasteiger partial charge in [-0.2, -0.15) is 0 Å². The van der Waals surface area contributed by atoms with Crippen molar-refractivity contribution in [3.63, 3.8) is 0 Å². The van der Waals surface area contributed by atoms with Gasteiger partial charge in [0.2, 0.25) is 0 Å². The number of nitrogens with zero attached hydrogens (tertiary/aromatic N) is 2. The predicted octanol–water partition coefficient (Wildman–Crippen LogP) is 3.21. The average molecular weight is 269 g/mol. The molecule has 2 N–H and O–H groups in total. The molecule has 3 nitrogen and oxygen atoms in total. The van der Waals surface area contributed by atoms with Crippen LogP contribution >= 0.6 is 0 Å². The third-order valence-corrected chi connectivity index (χ3v) is 3.97. The van der Waals surface area contributed by atoms with Crippen molar-refractivity contribution in [1.29, 1.82) is 0 Å². The van der Waals surface area contributed by atoms with Gasteiger partial charge in [-0.05, 0) is 56.0 Å². The summed E-state index contributed by atoms with van der Waals surface area (Å²) in [4.78, 5) is 9.05. The molecular formula is C17H23N3. The fourth-order valence-corrected chi connectivity index (χ4v) is 2.28. The molecule has 20 heavy (non-hydrogen) atoms. The van der Waals surface area contributed by atoms with E-state index in [0.717, 1.165) is 17.9 Å². The molecule has 1 heterocycles. The summed E-state index contributed by atoms with van der Waals surface area (Å²) >= 11 is 0. The van der Waals surface area contributed by atoms with Crippen LogP contribution in [0.15, 0.2) is 24.4 Å². The minimum atomic E-state index is 0.408. The molecule has 0 aliphatic rings. The molecule has 0 radical (unpaired) electrons. The Balaban J connectivity index is 2.39. The molecule has 0 amide bonds. The van der Waals surface area contributed by atoms with E-state index in [-0.39, 0.29) is 0 Å². The van der Waals surface area contributed by atoms with Crippen LogP contribution in [-0.2, 0) is 6.42 Å². The van der Waals surface area contributed by atoms with Crippen LogP contribution in [0, 0.1) is 26.7 Å². The lowest BCUT2D eigenvalue weighted by molar-refractivity contribution is 0.574. The predicted molar refractivity (Wildman–Crippen MR) is 83.6 cm³/mol. The van der Waals surface area contributed by atoms with Crippen molar-refractivity contribution >= 4 is 0 Å². The fourth-order valence-electron chi connectivity index (χ4n) is 2.28. The molecule has 1 atom stereocenters. The Morgan fingerprint density at radius 1 is 1.10 bits per heavy atom. The van der Waals surface area contributed by atoms with Gasteiger partial charge in [-0.25, -0.2) is 9.97 Å². The summed E-state index contributed by atoms with van der Waals surface area (Å²) < 4.78 is 0. The van der Waals surface area contributed by atoms with E-state index in [2.05, 4.69) is 44.8 Å². The smallest absolute Gasteiger partial charge is 0.129 e. The second-order valence-corrected chi connectivity index (χ2v) is 5.58. The largest absolute Gasteiger partial charge is 0.330 e. The Hall–Kier alpha value is -1.74. The van der Waals surface area contributed by atoms with E-state index in [0.29, 0.717) is 12.5 Å². The first-order valence-corrected chi connectivity index (χ1v) is 7.12. The van der Waals surface area contributed by atoms with Crippen molar-refractivity contribution in [3.05, 3.63) is 46.9 Å². The van der Waals surface area contributed by atoms with E-state index in [4.69, 9.17) is 10.7 Å². The Morgan fingerprint density at radius 2 is 1.85 bits per heavy atom. The number of nitrogens with two attached hydrogens (primary N) is 1. The summed E-state index contributed by atoms with van der Waals surface area (Å²) in [6.45, 7) is 9.24. The topological polar surface area (TPSA) is 51.8 Å². The summed E-state index contributed by atoms with van der Waals surface area (Å²) in [6, 6.07) is 6.28. The summed E-state index contributed by atoms with van der Waals surface area (Å²) in [5.74, 6) is 1.28. The number of aryl methyl sites for hydroxylation is 1. The van der Waals surface area contributed by atoms with Gasteiger partial charge in [-0.1, -0.05) is 19.1 Å². The molecule has 0 aliphatic heterocycles. The van der Waals surface area contributed by atoms with Crippen LogP contribution in [0.4, 0.5) is 0 Å². The SMILES string of the molecule is Cc1ccc(-c2ccnc(CC(C)CN)n2)c(C)c1C. The Bertz CT molecular complexity index is 605. The highest BCUT2D eigenvalue weighted by Crippen LogP contribution is 2.25. The van der Waals surface area contributed by atoms with Crippen molar-refractivity contribution in [3.8, 4) is 11.3 Å². The molecule has 0 fully saturated rings. The van der Waals surface area contributed by atoms with Gasteiger partial charge in [-0.15, -0.1) is 0 Å². The maximum absolute atomic E-state index is 5.67. The lowest BCUT2D eigenvalue weighted by atomic mass is 9.97. The van der Waals surface area contributed by atoms with Crippen molar-refractivity contribution in [2.24, 2.45) is 11.7 Å². The molecule has 0 saturated carbocycles. The minimum Gasteiger partial charge on any atom is -0.330 e. The zero-order chi connectivity index (χ0) is 14.7. The maximum Gasteiger partial charge on any atom is 0.129 e. The van der Waals surface area contributed by atoms with Crippen molar-refractivity contribution in [2.75, 3.05) is 6.54 Å². The van der Waals surface area contributed by atoms with Crippen molar-refractivity contribution < 1.29 is 0 Å². The van der Waals surface area contributed by atoms with E-state index in [1.165, 1.54) is 22.3 Å². The summed E-state index contributed by atoms with van der Waals surface area (Å²) in [5, 5.41) is 0. The van der Waals surface area contributed by atoms with E-state index in [9.17, 15) is 0 Å². The van der Waals surface area contributed by atoms with Gasteiger partial charge in [-0.3, -0.25) is 0 Å². The number of hydrogen-bond acceptors (Lipinski definition) is 3. The molecule has 0 saturated heterocycles. The number of benzene rings is 1. The second kappa shape index (κ2) is 6.14. The van der Waals surface area contributed by atoms with Gasteiger partial charge in [0.05, 0.1) is 5.69 Å². The standard InChI is InChI=1S/C17H23N3/c1-11(10-18)9-17-19-8-7-16(20-17)15-6-5-12(2)13(3)14(15)4/h5-8,11H,9-10,18H2,1-4H3. The van der Waals surface area contributed by atoms with Crippen LogP contribution < -0.4 is 5.73 Å². The molecule has 1 unspecified atom stereocenters. The third-order valence-electron chi connectivity index (χ3n) is 3.97. The quantitative estimate of drug-likeness (QED) is 0.927. The molecule has 2 rings (SSSR count). The lowest BCUT2D eigenvalue weighted by Gasteiger charge is -2.12. The molecular weight excluding hydrogens is 246 g/mol. The molecule has 0 aliphatic carbocycles.